The lowest BCUT2D eigenvalue weighted by Gasteiger charge is -2.18. The van der Waals surface area contributed by atoms with Gasteiger partial charge in [-0.05, 0) is 39.9 Å². The summed E-state index contributed by atoms with van der Waals surface area (Å²) in [5, 5.41) is 3.14. The van der Waals surface area contributed by atoms with Crippen molar-refractivity contribution in [3.63, 3.8) is 0 Å². The van der Waals surface area contributed by atoms with Crippen LogP contribution in [-0.2, 0) is 0 Å². The molecule has 0 spiro atoms. The molecule has 0 bridgehead atoms. The molecule has 0 radical (unpaired) electrons. The van der Waals surface area contributed by atoms with Gasteiger partial charge in [0.05, 0.1) is 0 Å². The predicted molar refractivity (Wildman–Crippen MR) is 79.8 cm³/mol. The zero-order chi connectivity index (χ0) is 14.3. The van der Waals surface area contributed by atoms with Crippen molar-refractivity contribution in [1.29, 1.82) is 0 Å². The quantitative estimate of drug-likeness (QED) is 0.731. The molecule has 1 N–H and O–H groups in total. The summed E-state index contributed by atoms with van der Waals surface area (Å²) >= 11 is 0. The van der Waals surface area contributed by atoms with E-state index in [4.69, 9.17) is 0 Å². The lowest BCUT2D eigenvalue weighted by atomic mass is 10.3. The van der Waals surface area contributed by atoms with Gasteiger partial charge in [0.2, 0.25) is 0 Å². The molecule has 0 aliphatic carbocycles. The molecule has 0 atom stereocenters. The average molecular weight is 266 g/mol. The van der Waals surface area contributed by atoms with Gasteiger partial charge in [-0.15, -0.1) is 0 Å². The van der Waals surface area contributed by atoms with E-state index in [-0.39, 0.29) is 11.6 Å². The highest BCUT2D eigenvalue weighted by Crippen LogP contribution is 2.01. The molecule has 1 heterocycles. The van der Waals surface area contributed by atoms with Gasteiger partial charge >= 0.3 is 0 Å². The third kappa shape index (κ3) is 4.67. The van der Waals surface area contributed by atoms with Crippen molar-refractivity contribution in [2.24, 2.45) is 0 Å². The SMILES string of the molecule is CCN(CC)CCCNc1nccn(C(C)C)c1=O. The van der Waals surface area contributed by atoms with Gasteiger partial charge in [-0.1, -0.05) is 13.8 Å². The second-order valence-electron chi connectivity index (χ2n) is 4.89. The van der Waals surface area contributed by atoms with Gasteiger partial charge in [0.1, 0.15) is 0 Å². The number of anilines is 1. The Morgan fingerprint density at radius 1 is 1.37 bits per heavy atom. The van der Waals surface area contributed by atoms with Gasteiger partial charge in [0.25, 0.3) is 5.56 Å². The number of nitrogens with zero attached hydrogens (tertiary/aromatic N) is 3. The van der Waals surface area contributed by atoms with Crippen LogP contribution >= 0.6 is 0 Å². The van der Waals surface area contributed by atoms with Crippen molar-refractivity contribution in [2.75, 3.05) is 31.5 Å². The minimum Gasteiger partial charge on any atom is -0.365 e. The van der Waals surface area contributed by atoms with Crippen molar-refractivity contribution in [3.8, 4) is 0 Å². The van der Waals surface area contributed by atoms with Gasteiger partial charge < -0.3 is 14.8 Å². The average Bonchev–Trinajstić information content (AvgIpc) is 2.40. The van der Waals surface area contributed by atoms with E-state index in [1.165, 1.54) is 0 Å². The Hall–Kier alpha value is -1.36. The molecule has 0 aliphatic rings. The second kappa shape index (κ2) is 7.94. The number of aromatic nitrogens is 2. The van der Waals surface area contributed by atoms with Gasteiger partial charge in [0.15, 0.2) is 5.82 Å². The van der Waals surface area contributed by atoms with Crippen molar-refractivity contribution < 1.29 is 0 Å². The summed E-state index contributed by atoms with van der Waals surface area (Å²) in [5.74, 6) is 0.454. The van der Waals surface area contributed by atoms with Crippen molar-refractivity contribution in [1.82, 2.24) is 14.5 Å². The van der Waals surface area contributed by atoms with Gasteiger partial charge in [-0.3, -0.25) is 4.79 Å². The summed E-state index contributed by atoms with van der Waals surface area (Å²) in [4.78, 5) is 18.6. The van der Waals surface area contributed by atoms with E-state index >= 15 is 0 Å². The van der Waals surface area contributed by atoms with Crippen LogP contribution in [-0.4, -0.2) is 40.6 Å². The van der Waals surface area contributed by atoms with Crippen molar-refractivity contribution >= 4 is 5.82 Å². The summed E-state index contributed by atoms with van der Waals surface area (Å²) in [6.45, 7) is 12.3. The Kier molecular flexibility index (Phi) is 6.56. The summed E-state index contributed by atoms with van der Waals surface area (Å²) in [7, 11) is 0. The van der Waals surface area contributed by atoms with Gasteiger partial charge in [0, 0.05) is 25.0 Å². The van der Waals surface area contributed by atoms with E-state index in [2.05, 4.69) is 29.0 Å². The minimum absolute atomic E-state index is 0.0414. The molecule has 19 heavy (non-hydrogen) atoms. The van der Waals surface area contributed by atoms with Crippen LogP contribution in [0.2, 0.25) is 0 Å². The first-order valence-electron chi connectivity index (χ1n) is 7.13. The van der Waals surface area contributed by atoms with E-state index in [1.54, 1.807) is 17.0 Å². The Morgan fingerprint density at radius 3 is 2.63 bits per heavy atom. The van der Waals surface area contributed by atoms with E-state index in [0.29, 0.717) is 5.82 Å². The van der Waals surface area contributed by atoms with Crippen LogP contribution in [0.1, 0.15) is 40.2 Å². The molecule has 0 saturated heterocycles. The Labute approximate surface area is 115 Å². The Morgan fingerprint density at radius 2 is 2.05 bits per heavy atom. The van der Waals surface area contributed by atoms with Crippen LogP contribution in [0, 0.1) is 0 Å². The maximum Gasteiger partial charge on any atom is 0.293 e. The predicted octanol–water partition coefficient (Wildman–Crippen LogP) is 1.97. The molecule has 0 aromatic carbocycles. The maximum absolute atomic E-state index is 12.1. The lowest BCUT2D eigenvalue weighted by molar-refractivity contribution is 0.303. The molecule has 0 saturated carbocycles. The van der Waals surface area contributed by atoms with Crippen LogP contribution < -0.4 is 10.9 Å². The minimum atomic E-state index is -0.0414. The van der Waals surface area contributed by atoms with E-state index in [1.807, 2.05) is 13.8 Å². The highest BCUT2D eigenvalue weighted by atomic mass is 16.1. The molecule has 0 unspecified atom stereocenters. The monoisotopic (exact) mass is 266 g/mol. The van der Waals surface area contributed by atoms with Gasteiger partial charge in [-0.25, -0.2) is 4.98 Å². The van der Waals surface area contributed by atoms with E-state index < -0.39 is 0 Å². The first kappa shape index (κ1) is 15.7. The topological polar surface area (TPSA) is 50.2 Å². The van der Waals surface area contributed by atoms with Crippen molar-refractivity contribution in [2.45, 2.75) is 40.2 Å². The zero-order valence-corrected chi connectivity index (χ0v) is 12.5. The summed E-state index contributed by atoms with van der Waals surface area (Å²) in [6.07, 6.45) is 4.42. The second-order valence-corrected chi connectivity index (χ2v) is 4.89. The zero-order valence-electron chi connectivity index (χ0n) is 12.5. The van der Waals surface area contributed by atoms with Crippen LogP contribution in [0.4, 0.5) is 5.82 Å². The third-order valence-electron chi connectivity index (χ3n) is 3.26. The number of hydrogen-bond donors (Lipinski definition) is 1. The highest BCUT2D eigenvalue weighted by Gasteiger charge is 2.06. The van der Waals surface area contributed by atoms with Crippen molar-refractivity contribution in [3.05, 3.63) is 22.7 Å². The number of rotatable bonds is 8. The summed E-state index contributed by atoms with van der Waals surface area (Å²) < 4.78 is 1.69. The Bertz CT molecular complexity index is 424. The fraction of sp³-hybridized carbons (Fsp3) is 0.714. The number of nitrogens with one attached hydrogen (secondary N) is 1. The molecule has 1 rings (SSSR count). The van der Waals surface area contributed by atoms with E-state index in [0.717, 1.165) is 32.6 Å². The molecule has 1 aromatic rings. The molecule has 5 heteroatoms. The molecule has 0 fully saturated rings. The van der Waals surface area contributed by atoms with E-state index in [9.17, 15) is 4.79 Å². The highest BCUT2D eigenvalue weighted by molar-refractivity contribution is 5.30. The van der Waals surface area contributed by atoms with Crippen LogP contribution in [0.25, 0.3) is 0 Å². The molecule has 0 amide bonds. The fourth-order valence-electron chi connectivity index (χ4n) is 2.00. The Balaban J connectivity index is 2.50. The van der Waals surface area contributed by atoms with Crippen LogP contribution in [0.15, 0.2) is 17.2 Å². The molecule has 1 aromatic heterocycles. The molecular formula is C14H26N4O. The molecular weight excluding hydrogens is 240 g/mol. The van der Waals surface area contributed by atoms with Gasteiger partial charge in [-0.2, -0.15) is 0 Å². The maximum atomic E-state index is 12.1. The summed E-state index contributed by atoms with van der Waals surface area (Å²) in [6, 6.07) is 0.159. The normalized spacial score (nSPS) is 11.3. The molecule has 108 valence electrons. The largest absolute Gasteiger partial charge is 0.365 e. The van der Waals surface area contributed by atoms with Crippen LogP contribution in [0.3, 0.4) is 0 Å². The lowest BCUT2D eigenvalue weighted by Crippen LogP contribution is -2.28. The fourth-order valence-corrected chi connectivity index (χ4v) is 2.00. The first-order chi connectivity index (χ1) is 9.10. The first-order valence-corrected chi connectivity index (χ1v) is 7.13. The number of hydrogen-bond acceptors (Lipinski definition) is 4. The smallest absolute Gasteiger partial charge is 0.293 e. The molecule has 0 aliphatic heterocycles. The molecule has 5 nitrogen and oxygen atoms in total. The third-order valence-corrected chi connectivity index (χ3v) is 3.26. The van der Waals surface area contributed by atoms with Crippen LogP contribution in [0.5, 0.6) is 0 Å². The summed E-state index contributed by atoms with van der Waals surface area (Å²) in [5.41, 5.74) is -0.0414. The standard InChI is InChI=1S/C14H26N4O/c1-5-17(6-2)10-7-8-15-13-14(19)18(12(3)4)11-9-16-13/h9,11-12H,5-8,10H2,1-4H3,(H,15,16).